The fourth-order valence-electron chi connectivity index (χ4n) is 1.91. The molecule has 1 fully saturated rings. The number of hydrogen-bond acceptors (Lipinski definition) is 4. The van der Waals surface area contributed by atoms with Crippen LogP contribution in [-0.2, 0) is 16.0 Å². The van der Waals surface area contributed by atoms with Crippen molar-refractivity contribution in [1.29, 1.82) is 0 Å². The van der Waals surface area contributed by atoms with Gasteiger partial charge in [0.15, 0.2) is 0 Å². The van der Waals surface area contributed by atoms with Gasteiger partial charge in [0.25, 0.3) is 0 Å². The van der Waals surface area contributed by atoms with Gasteiger partial charge in [0.05, 0.1) is 22.5 Å². The molecule has 0 aromatic carbocycles. The Labute approximate surface area is 116 Å². The Hall–Kier alpha value is -1.43. The predicted octanol–water partition coefficient (Wildman–Crippen LogP) is 1.65. The summed E-state index contributed by atoms with van der Waals surface area (Å²) < 4.78 is 0. The van der Waals surface area contributed by atoms with Crippen LogP contribution in [0.3, 0.4) is 0 Å². The summed E-state index contributed by atoms with van der Waals surface area (Å²) in [4.78, 5) is 26.8. The average molecular weight is 282 g/mol. The molecule has 1 saturated carbocycles. The number of amides is 1. The van der Waals surface area contributed by atoms with Crippen molar-refractivity contribution in [3.8, 4) is 0 Å². The molecule has 2 rings (SSSR count). The number of carbonyl (C=O) groups is 2. The van der Waals surface area contributed by atoms with E-state index in [-0.39, 0.29) is 11.8 Å². The van der Waals surface area contributed by atoms with Crippen LogP contribution in [0.4, 0.5) is 0 Å². The first-order valence-electron chi connectivity index (χ1n) is 6.44. The quantitative estimate of drug-likeness (QED) is 0.831. The van der Waals surface area contributed by atoms with Crippen molar-refractivity contribution in [2.24, 2.45) is 11.8 Å². The molecule has 1 aliphatic carbocycles. The lowest BCUT2D eigenvalue weighted by molar-refractivity contribution is -0.140. The van der Waals surface area contributed by atoms with Crippen LogP contribution in [0.15, 0.2) is 5.38 Å². The van der Waals surface area contributed by atoms with Gasteiger partial charge in [-0.2, -0.15) is 0 Å². The van der Waals surface area contributed by atoms with E-state index in [1.165, 1.54) is 0 Å². The topological polar surface area (TPSA) is 79.3 Å². The molecular formula is C13H18N2O3S. The molecule has 0 spiro atoms. The third-order valence-corrected chi connectivity index (χ3v) is 4.38. The number of nitrogens with one attached hydrogen (secondary N) is 1. The van der Waals surface area contributed by atoms with Gasteiger partial charge in [-0.05, 0) is 6.42 Å². The van der Waals surface area contributed by atoms with Crippen LogP contribution < -0.4 is 5.32 Å². The zero-order valence-electron chi connectivity index (χ0n) is 11.0. The molecule has 0 radical (unpaired) electrons. The molecule has 1 amide bonds. The van der Waals surface area contributed by atoms with Gasteiger partial charge in [0.2, 0.25) is 5.91 Å². The van der Waals surface area contributed by atoms with E-state index in [4.69, 9.17) is 5.11 Å². The molecule has 2 N–H and O–H groups in total. The SMILES string of the molecule is CC(C)c1nc(CCNC(=O)[C@@H]2C[C@@H]2C(=O)O)cs1. The van der Waals surface area contributed by atoms with Crippen LogP contribution in [0.2, 0.25) is 0 Å². The summed E-state index contributed by atoms with van der Waals surface area (Å²) in [6.45, 7) is 4.72. The largest absolute Gasteiger partial charge is 0.481 e. The Morgan fingerprint density at radius 1 is 1.53 bits per heavy atom. The zero-order valence-corrected chi connectivity index (χ0v) is 11.9. The fourth-order valence-corrected chi connectivity index (χ4v) is 2.77. The number of nitrogens with zero attached hydrogens (tertiary/aromatic N) is 1. The molecule has 0 bridgehead atoms. The highest BCUT2D eigenvalue weighted by Gasteiger charge is 2.48. The van der Waals surface area contributed by atoms with Crippen LogP contribution >= 0.6 is 11.3 Å². The minimum Gasteiger partial charge on any atom is -0.481 e. The number of aliphatic carboxylic acids is 1. The highest BCUT2D eigenvalue weighted by Crippen LogP contribution is 2.38. The molecule has 1 aromatic rings. The molecule has 6 heteroatoms. The van der Waals surface area contributed by atoms with Crippen molar-refractivity contribution in [1.82, 2.24) is 10.3 Å². The molecule has 1 heterocycles. The molecule has 0 unspecified atom stereocenters. The van der Waals surface area contributed by atoms with E-state index < -0.39 is 11.9 Å². The molecule has 1 aliphatic rings. The van der Waals surface area contributed by atoms with Crippen LogP contribution in [0, 0.1) is 11.8 Å². The van der Waals surface area contributed by atoms with E-state index in [1.54, 1.807) is 11.3 Å². The van der Waals surface area contributed by atoms with Gasteiger partial charge in [0.1, 0.15) is 0 Å². The van der Waals surface area contributed by atoms with Crippen molar-refractivity contribution in [3.63, 3.8) is 0 Å². The Bertz CT molecular complexity index is 484. The number of carbonyl (C=O) groups excluding carboxylic acids is 1. The molecule has 104 valence electrons. The summed E-state index contributed by atoms with van der Waals surface area (Å²) in [6, 6.07) is 0. The number of aromatic nitrogens is 1. The number of thiazole rings is 1. The normalized spacial score (nSPS) is 21.4. The van der Waals surface area contributed by atoms with Crippen LogP contribution in [0.5, 0.6) is 0 Å². The van der Waals surface area contributed by atoms with E-state index in [0.717, 1.165) is 10.7 Å². The van der Waals surface area contributed by atoms with E-state index >= 15 is 0 Å². The summed E-state index contributed by atoms with van der Waals surface area (Å²) in [5.41, 5.74) is 0.986. The highest BCUT2D eigenvalue weighted by molar-refractivity contribution is 7.09. The van der Waals surface area contributed by atoms with Gasteiger partial charge >= 0.3 is 5.97 Å². The van der Waals surface area contributed by atoms with Crippen LogP contribution in [0.1, 0.15) is 36.9 Å². The summed E-state index contributed by atoms with van der Waals surface area (Å²) in [7, 11) is 0. The van der Waals surface area contributed by atoms with E-state index in [1.807, 2.05) is 5.38 Å². The second kappa shape index (κ2) is 5.69. The molecule has 0 aliphatic heterocycles. The van der Waals surface area contributed by atoms with Gasteiger partial charge in [0, 0.05) is 24.3 Å². The predicted molar refractivity (Wildman–Crippen MR) is 72.1 cm³/mol. The molecule has 0 saturated heterocycles. The average Bonchev–Trinajstić information content (AvgIpc) is 3.02. The first-order valence-corrected chi connectivity index (χ1v) is 7.31. The maximum atomic E-state index is 11.6. The molecule has 1 aromatic heterocycles. The van der Waals surface area contributed by atoms with Gasteiger partial charge in [-0.15, -0.1) is 11.3 Å². The van der Waals surface area contributed by atoms with Crippen molar-refractivity contribution >= 4 is 23.2 Å². The van der Waals surface area contributed by atoms with E-state index in [9.17, 15) is 9.59 Å². The Kier molecular flexibility index (Phi) is 4.19. The van der Waals surface area contributed by atoms with Gasteiger partial charge < -0.3 is 10.4 Å². The summed E-state index contributed by atoms with van der Waals surface area (Å²) >= 11 is 1.64. The first kappa shape index (κ1) is 14.0. The fraction of sp³-hybridized carbons (Fsp3) is 0.615. The lowest BCUT2D eigenvalue weighted by Gasteiger charge is -2.02. The maximum absolute atomic E-state index is 11.6. The van der Waals surface area contributed by atoms with Gasteiger partial charge in [-0.3, -0.25) is 9.59 Å². The third kappa shape index (κ3) is 3.53. The van der Waals surface area contributed by atoms with Gasteiger partial charge in [-0.25, -0.2) is 4.98 Å². The Balaban J connectivity index is 1.72. The second-order valence-corrected chi connectivity index (χ2v) is 6.05. The lowest BCUT2D eigenvalue weighted by atomic mass is 10.2. The van der Waals surface area contributed by atoms with Crippen molar-refractivity contribution < 1.29 is 14.7 Å². The second-order valence-electron chi connectivity index (χ2n) is 5.16. The van der Waals surface area contributed by atoms with E-state index in [0.29, 0.717) is 25.3 Å². The zero-order chi connectivity index (χ0) is 14.0. The van der Waals surface area contributed by atoms with Crippen molar-refractivity contribution in [3.05, 3.63) is 16.1 Å². The standard InChI is InChI=1S/C13H18N2O3S/c1-7(2)12-15-8(6-19-12)3-4-14-11(16)9-5-10(9)13(17)18/h6-7,9-10H,3-5H2,1-2H3,(H,14,16)(H,17,18)/t9-,10+/m1/s1. The van der Waals surface area contributed by atoms with Crippen molar-refractivity contribution in [2.45, 2.75) is 32.6 Å². The van der Waals surface area contributed by atoms with E-state index in [2.05, 4.69) is 24.1 Å². The smallest absolute Gasteiger partial charge is 0.307 e. The number of rotatable bonds is 6. The molecular weight excluding hydrogens is 264 g/mol. The highest BCUT2D eigenvalue weighted by atomic mass is 32.1. The Morgan fingerprint density at radius 3 is 2.79 bits per heavy atom. The number of carboxylic acid groups (broad SMARTS) is 1. The Morgan fingerprint density at radius 2 is 2.26 bits per heavy atom. The number of hydrogen-bond donors (Lipinski definition) is 2. The summed E-state index contributed by atoms with van der Waals surface area (Å²) in [5, 5.41) is 14.6. The monoisotopic (exact) mass is 282 g/mol. The minimum atomic E-state index is -0.874. The van der Waals surface area contributed by atoms with Crippen molar-refractivity contribution in [2.75, 3.05) is 6.54 Å². The maximum Gasteiger partial charge on any atom is 0.307 e. The minimum absolute atomic E-state index is 0.147. The molecule has 2 atom stereocenters. The molecule has 5 nitrogen and oxygen atoms in total. The summed E-state index contributed by atoms with van der Waals surface area (Å²) in [5.74, 6) is -1.41. The van der Waals surface area contributed by atoms with Gasteiger partial charge in [-0.1, -0.05) is 13.8 Å². The lowest BCUT2D eigenvalue weighted by Crippen LogP contribution is -2.28. The third-order valence-electron chi connectivity index (χ3n) is 3.19. The molecule has 19 heavy (non-hydrogen) atoms. The first-order chi connectivity index (χ1) is 8.99. The van der Waals surface area contributed by atoms with Crippen LogP contribution in [-0.4, -0.2) is 28.5 Å². The summed E-state index contributed by atoms with van der Waals surface area (Å²) in [6.07, 6.45) is 1.16. The van der Waals surface area contributed by atoms with Crippen LogP contribution in [0.25, 0.3) is 0 Å². The number of carboxylic acids is 1.